The summed E-state index contributed by atoms with van der Waals surface area (Å²) in [5, 5.41) is 1.02. The van der Waals surface area contributed by atoms with Crippen LogP contribution in [0.15, 0.2) is 24.3 Å². The Hall–Kier alpha value is -2.01. The molecular formula is C15H12FN3S. The van der Waals surface area contributed by atoms with E-state index in [4.69, 9.17) is 5.73 Å². The minimum atomic E-state index is -0.266. The minimum absolute atomic E-state index is 0.266. The van der Waals surface area contributed by atoms with Crippen molar-refractivity contribution in [3.05, 3.63) is 40.5 Å². The molecule has 1 aromatic carbocycles. The molecule has 3 aromatic rings. The average molecular weight is 285 g/mol. The van der Waals surface area contributed by atoms with E-state index >= 15 is 0 Å². The predicted octanol–water partition coefficient (Wildman–Crippen LogP) is 3.57. The standard InChI is InChI=1S/C15H12FN3S/c16-9-6-4-8(5-7-9)14-18-13(17)12-10-2-1-3-11(10)20-15(12)19-14/h4-7H,1-3H2,(H2,17,18,19). The van der Waals surface area contributed by atoms with Gasteiger partial charge in [0.15, 0.2) is 5.82 Å². The molecule has 0 saturated heterocycles. The minimum Gasteiger partial charge on any atom is -0.383 e. The SMILES string of the molecule is Nc1nc(-c2ccc(F)cc2)nc2sc3c(c12)CCC3. The summed E-state index contributed by atoms with van der Waals surface area (Å²) in [6.07, 6.45) is 3.37. The van der Waals surface area contributed by atoms with Crippen LogP contribution < -0.4 is 5.73 Å². The zero-order valence-electron chi connectivity index (χ0n) is 10.7. The summed E-state index contributed by atoms with van der Waals surface area (Å²) in [4.78, 5) is 11.3. The lowest BCUT2D eigenvalue weighted by molar-refractivity contribution is 0.628. The third-order valence-electron chi connectivity index (χ3n) is 3.70. The summed E-state index contributed by atoms with van der Waals surface area (Å²) >= 11 is 1.71. The van der Waals surface area contributed by atoms with Crippen LogP contribution in [-0.4, -0.2) is 9.97 Å². The smallest absolute Gasteiger partial charge is 0.163 e. The molecule has 0 radical (unpaired) electrons. The number of nitrogens with zero attached hydrogens (tertiary/aromatic N) is 2. The van der Waals surface area contributed by atoms with Crippen LogP contribution in [0.2, 0.25) is 0 Å². The fourth-order valence-electron chi connectivity index (χ4n) is 2.75. The highest BCUT2D eigenvalue weighted by Crippen LogP contribution is 2.39. The molecule has 2 N–H and O–H groups in total. The number of benzene rings is 1. The highest BCUT2D eigenvalue weighted by atomic mass is 32.1. The van der Waals surface area contributed by atoms with Gasteiger partial charge in [-0.15, -0.1) is 11.3 Å². The summed E-state index contributed by atoms with van der Waals surface area (Å²) in [6, 6.07) is 6.18. The van der Waals surface area contributed by atoms with Crippen molar-refractivity contribution in [2.75, 3.05) is 5.73 Å². The van der Waals surface area contributed by atoms with E-state index in [1.807, 2.05) is 0 Å². The number of thiophene rings is 1. The number of halogens is 1. The van der Waals surface area contributed by atoms with E-state index in [2.05, 4.69) is 9.97 Å². The first kappa shape index (κ1) is 11.8. The van der Waals surface area contributed by atoms with Crippen LogP contribution in [0.1, 0.15) is 16.9 Å². The quantitative estimate of drug-likeness (QED) is 0.743. The molecule has 1 aliphatic carbocycles. The van der Waals surface area contributed by atoms with Crippen LogP contribution in [0.5, 0.6) is 0 Å². The van der Waals surface area contributed by atoms with E-state index < -0.39 is 0 Å². The van der Waals surface area contributed by atoms with Crippen molar-refractivity contribution in [1.82, 2.24) is 9.97 Å². The molecular weight excluding hydrogens is 273 g/mol. The normalized spacial score (nSPS) is 13.8. The van der Waals surface area contributed by atoms with E-state index in [-0.39, 0.29) is 5.82 Å². The molecule has 20 heavy (non-hydrogen) atoms. The Balaban J connectivity index is 1.92. The molecule has 0 spiro atoms. The zero-order chi connectivity index (χ0) is 13.7. The van der Waals surface area contributed by atoms with E-state index in [9.17, 15) is 4.39 Å². The molecule has 0 aliphatic heterocycles. The fourth-order valence-corrected chi connectivity index (χ4v) is 4.02. The molecule has 0 amide bonds. The second-order valence-electron chi connectivity index (χ2n) is 4.98. The summed E-state index contributed by atoms with van der Waals surface area (Å²) in [6.45, 7) is 0. The van der Waals surface area contributed by atoms with Gasteiger partial charge in [0.2, 0.25) is 0 Å². The van der Waals surface area contributed by atoms with Crippen molar-refractivity contribution < 1.29 is 4.39 Å². The van der Waals surface area contributed by atoms with Gasteiger partial charge in [-0.25, -0.2) is 14.4 Å². The number of hydrogen-bond donors (Lipinski definition) is 1. The van der Waals surface area contributed by atoms with Gasteiger partial charge in [0.05, 0.1) is 5.39 Å². The van der Waals surface area contributed by atoms with Crippen LogP contribution in [-0.2, 0) is 12.8 Å². The van der Waals surface area contributed by atoms with Gasteiger partial charge in [0.1, 0.15) is 16.5 Å². The molecule has 3 nitrogen and oxygen atoms in total. The van der Waals surface area contributed by atoms with Gasteiger partial charge in [0, 0.05) is 10.4 Å². The maximum absolute atomic E-state index is 13.0. The maximum atomic E-state index is 13.0. The lowest BCUT2D eigenvalue weighted by Crippen LogP contribution is -1.97. The lowest BCUT2D eigenvalue weighted by Gasteiger charge is -2.04. The molecule has 4 rings (SSSR count). The first-order valence-electron chi connectivity index (χ1n) is 6.56. The van der Waals surface area contributed by atoms with Crippen molar-refractivity contribution in [3.63, 3.8) is 0 Å². The number of anilines is 1. The summed E-state index contributed by atoms with van der Waals surface area (Å²) in [7, 11) is 0. The highest BCUT2D eigenvalue weighted by Gasteiger charge is 2.21. The Morgan fingerprint density at radius 3 is 2.70 bits per heavy atom. The van der Waals surface area contributed by atoms with Crippen molar-refractivity contribution in [3.8, 4) is 11.4 Å². The third kappa shape index (κ3) is 1.70. The molecule has 2 heterocycles. The molecule has 100 valence electrons. The van der Waals surface area contributed by atoms with Crippen molar-refractivity contribution in [1.29, 1.82) is 0 Å². The molecule has 0 saturated carbocycles. The number of aryl methyl sites for hydroxylation is 2. The summed E-state index contributed by atoms with van der Waals surface area (Å²) in [5.41, 5.74) is 8.24. The van der Waals surface area contributed by atoms with Crippen LogP contribution in [0, 0.1) is 5.82 Å². The van der Waals surface area contributed by atoms with Gasteiger partial charge >= 0.3 is 0 Å². The van der Waals surface area contributed by atoms with E-state index in [0.717, 1.165) is 28.6 Å². The number of rotatable bonds is 1. The molecule has 0 unspecified atom stereocenters. The first-order valence-corrected chi connectivity index (χ1v) is 7.38. The average Bonchev–Trinajstić information content (AvgIpc) is 2.99. The second-order valence-corrected chi connectivity index (χ2v) is 6.06. The zero-order valence-corrected chi connectivity index (χ0v) is 11.5. The summed E-state index contributed by atoms with van der Waals surface area (Å²) < 4.78 is 13.0. The van der Waals surface area contributed by atoms with E-state index in [1.54, 1.807) is 23.5 Å². The number of hydrogen-bond acceptors (Lipinski definition) is 4. The Morgan fingerprint density at radius 2 is 1.90 bits per heavy atom. The topological polar surface area (TPSA) is 51.8 Å². The van der Waals surface area contributed by atoms with E-state index in [1.165, 1.54) is 29.0 Å². The van der Waals surface area contributed by atoms with Crippen LogP contribution in [0.3, 0.4) is 0 Å². The van der Waals surface area contributed by atoms with Crippen molar-refractivity contribution >= 4 is 27.4 Å². The molecule has 0 bridgehead atoms. The van der Waals surface area contributed by atoms with Crippen molar-refractivity contribution in [2.24, 2.45) is 0 Å². The molecule has 0 atom stereocenters. The Morgan fingerprint density at radius 1 is 1.10 bits per heavy atom. The molecule has 5 heteroatoms. The fraction of sp³-hybridized carbons (Fsp3) is 0.200. The Bertz CT molecular complexity index is 808. The monoisotopic (exact) mass is 285 g/mol. The molecule has 2 aromatic heterocycles. The molecule has 1 aliphatic rings. The predicted molar refractivity (Wildman–Crippen MR) is 79.2 cm³/mol. The molecule has 0 fully saturated rings. The number of nitrogen functional groups attached to an aromatic ring is 1. The Kier molecular flexibility index (Phi) is 2.50. The number of aromatic nitrogens is 2. The van der Waals surface area contributed by atoms with Crippen molar-refractivity contribution in [2.45, 2.75) is 19.3 Å². The largest absolute Gasteiger partial charge is 0.383 e. The number of fused-ring (bicyclic) bond motifs is 3. The van der Waals surface area contributed by atoms with Gasteiger partial charge in [-0.3, -0.25) is 0 Å². The highest BCUT2D eigenvalue weighted by molar-refractivity contribution is 7.19. The number of nitrogens with two attached hydrogens (primary N) is 1. The second kappa shape index (κ2) is 4.24. The third-order valence-corrected chi connectivity index (χ3v) is 4.88. The van der Waals surface area contributed by atoms with Gasteiger partial charge in [-0.1, -0.05) is 0 Å². The van der Waals surface area contributed by atoms with Gasteiger partial charge in [0.25, 0.3) is 0 Å². The lowest BCUT2D eigenvalue weighted by atomic mass is 10.1. The van der Waals surface area contributed by atoms with Crippen LogP contribution >= 0.6 is 11.3 Å². The van der Waals surface area contributed by atoms with Crippen LogP contribution in [0.4, 0.5) is 10.2 Å². The Labute approximate surface area is 119 Å². The van der Waals surface area contributed by atoms with E-state index in [0.29, 0.717) is 11.6 Å². The first-order chi connectivity index (χ1) is 9.72. The van der Waals surface area contributed by atoms with Gasteiger partial charge < -0.3 is 5.73 Å². The van der Waals surface area contributed by atoms with Crippen LogP contribution in [0.25, 0.3) is 21.6 Å². The summed E-state index contributed by atoms with van der Waals surface area (Å²) in [5.74, 6) is 0.835. The van der Waals surface area contributed by atoms with Gasteiger partial charge in [-0.05, 0) is 49.1 Å². The van der Waals surface area contributed by atoms with Gasteiger partial charge in [-0.2, -0.15) is 0 Å². The maximum Gasteiger partial charge on any atom is 0.163 e.